The quantitative estimate of drug-likeness (QED) is 0.252. The van der Waals surface area contributed by atoms with E-state index in [1.54, 1.807) is 7.05 Å². The number of likely N-dealkylation sites (tertiary alicyclic amines) is 1. The van der Waals surface area contributed by atoms with Gasteiger partial charge in [0.2, 0.25) is 11.8 Å². The van der Waals surface area contributed by atoms with Gasteiger partial charge in [-0.2, -0.15) is 0 Å². The minimum Gasteiger partial charge on any atom is -0.356 e. The molecule has 0 radical (unpaired) electrons. The van der Waals surface area contributed by atoms with Crippen molar-refractivity contribution in [2.45, 2.75) is 58.7 Å². The molecule has 2 N–H and O–H groups in total. The Morgan fingerprint density at radius 2 is 1.71 bits per heavy atom. The Morgan fingerprint density at radius 3 is 2.26 bits per heavy atom. The summed E-state index contributed by atoms with van der Waals surface area (Å²) >= 11 is 0. The number of nitrogens with one attached hydrogen (secondary N) is 2. The summed E-state index contributed by atoms with van der Waals surface area (Å²) in [5.41, 5.74) is 2.52. The van der Waals surface area contributed by atoms with E-state index in [0.29, 0.717) is 19.0 Å². The van der Waals surface area contributed by atoms with Crippen LogP contribution in [-0.2, 0) is 22.7 Å². The summed E-state index contributed by atoms with van der Waals surface area (Å²) in [6, 6.07) is 8.58. The molecule has 7 nitrogen and oxygen atoms in total. The molecular formula is C23H36IN5O2. The number of amides is 2. The highest BCUT2D eigenvalue weighted by atomic mass is 127. The van der Waals surface area contributed by atoms with Crippen LogP contribution in [0.5, 0.6) is 0 Å². The second-order valence-corrected chi connectivity index (χ2v) is 8.52. The van der Waals surface area contributed by atoms with E-state index in [9.17, 15) is 9.59 Å². The zero-order valence-electron chi connectivity index (χ0n) is 18.9. The van der Waals surface area contributed by atoms with Crippen LogP contribution in [0.25, 0.3) is 0 Å². The van der Waals surface area contributed by atoms with E-state index < -0.39 is 0 Å². The predicted molar refractivity (Wildman–Crippen MR) is 134 cm³/mol. The molecule has 0 spiro atoms. The first-order valence-electron chi connectivity index (χ1n) is 11.1. The number of piperidine rings is 1. The van der Waals surface area contributed by atoms with Crippen molar-refractivity contribution in [3.8, 4) is 0 Å². The molecule has 1 aromatic rings. The number of rotatable bonds is 6. The second-order valence-electron chi connectivity index (χ2n) is 8.52. The molecule has 8 heteroatoms. The van der Waals surface area contributed by atoms with Crippen LogP contribution >= 0.6 is 24.0 Å². The zero-order valence-corrected chi connectivity index (χ0v) is 21.2. The molecule has 1 fully saturated rings. The molecule has 0 atom stereocenters. The van der Waals surface area contributed by atoms with E-state index in [0.717, 1.165) is 51.4 Å². The van der Waals surface area contributed by atoms with Crippen molar-refractivity contribution in [2.75, 3.05) is 26.7 Å². The molecule has 2 heterocycles. The first-order chi connectivity index (χ1) is 14.5. The lowest BCUT2D eigenvalue weighted by atomic mass is 10.0. The van der Waals surface area contributed by atoms with Crippen LogP contribution in [0.1, 0.15) is 50.7 Å². The Balaban J connectivity index is 0.00000341. The Hall–Kier alpha value is -1.84. The van der Waals surface area contributed by atoms with Gasteiger partial charge < -0.3 is 20.4 Å². The van der Waals surface area contributed by atoms with E-state index in [2.05, 4.69) is 27.8 Å². The third kappa shape index (κ3) is 7.08. The number of aliphatic imine (C=N–C) groups is 1. The molecule has 0 saturated carbocycles. The number of guanidine groups is 1. The number of nitrogens with zero attached hydrogens (tertiary/aromatic N) is 3. The van der Waals surface area contributed by atoms with Crippen LogP contribution in [0.2, 0.25) is 0 Å². The SMILES string of the molecule is CN=C(NCCCC(=O)N1Cc2ccccc2C1)NC1CCN(C(=O)C(C)C)CC1.I. The highest BCUT2D eigenvalue weighted by Crippen LogP contribution is 2.22. The highest BCUT2D eigenvalue weighted by Gasteiger charge is 2.25. The maximum absolute atomic E-state index is 12.5. The van der Waals surface area contributed by atoms with Gasteiger partial charge in [0, 0.05) is 58.2 Å². The average Bonchev–Trinajstić information content (AvgIpc) is 3.20. The number of carbonyl (C=O) groups is 2. The first-order valence-corrected chi connectivity index (χ1v) is 11.1. The average molecular weight is 541 g/mol. The lowest BCUT2D eigenvalue weighted by Gasteiger charge is -2.34. The monoisotopic (exact) mass is 541 g/mol. The van der Waals surface area contributed by atoms with Crippen molar-refractivity contribution in [3.05, 3.63) is 35.4 Å². The molecule has 0 aromatic heterocycles. The van der Waals surface area contributed by atoms with E-state index >= 15 is 0 Å². The normalized spacial score (nSPS) is 16.7. The van der Waals surface area contributed by atoms with Crippen molar-refractivity contribution in [1.82, 2.24) is 20.4 Å². The predicted octanol–water partition coefficient (Wildman–Crippen LogP) is 2.74. The summed E-state index contributed by atoms with van der Waals surface area (Å²) in [6.45, 7) is 7.64. The smallest absolute Gasteiger partial charge is 0.225 e. The minimum absolute atomic E-state index is 0. The lowest BCUT2D eigenvalue weighted by Crippen LogP contribution is -2.50. The van der Waals surface area contributed by atoms with Gasteiger partial charge in [0.1, 0.15) is 0 Å². The van der Waals surface area contributed by atoms with Gasteiger partial charge >= 0.3 is 0 Å². The van der Waals surface area contributed by atoms with Gasteiger partial charge in [0.25, 0.3) is 0 Å². The van der Waals surface area contributed by atoms with Crippen LogP contribution in [0, 0.1) is 5.92 Å². The van der Waals surface area contributed by atoms with Crippen LogP contribution < -0.4 is 10.6 Å². The zero-order chi connectivity index (χ0) is 21.5. The number of benzene rings is 1. The van der Waals surface area contributed by atoms with Gasteiger partial charge in [-0.15, -0.1) is 24.0 Å². The molecule has 172 valence electrons. The molecule has 3 rings (SSSR count). The summed E-state index contributed by atoms with van der Waals surface area (Å²) in [6.07, 6.45) is 3.15. The summed E-state index contributed by atoms with van der Waals surface area (Å²) < 4.78 is 0. The minimum atomic E-state index is 0. The first kappa shape index (κ1) is 25.4. The molecule has 2 amide bonds. The Morgan fingerprint density at radius 1 is 1.10 bits per heavy atom. The largest absolute Gasteiger partial charge is 0.356 e. The summed E-state index contributed by atoms with van der Waals surface area (Å²) in [5.74, 6) is 1.27. The molecule has 1 aromatic carbocycles. The van der Waals surface area contributed by atoms with E-state index in [1.165, 1.54) is 11.1 Å². The summed E-state index contributed by atoms with van der Waals surface area (Å²) in [5, 5.41) is 6.77. The van der Waals surface area contributed by atoms with Gasteiger partial charge in [-0.1, -0.05) is 38.1 Å². The Kier molecular flexibility index (Phi) is 10.1. The van der Waals surface area contributed by atoms with Crippen LogP contribution in [0.15, 0.2) is 29.3 Å². The van der Waals surface area contributed by atoms with Crippen LogP contribution in [0.4, 0.5) is 0 Å². The maximum Gasteiger partial charge on any atom is 0.225 e. The maximum atomic E-state index is 12.5. The molecule has 1 saturated heterocycles. The highest BCUT2D eigenvalue weighted by molar-refractivity contribution is 14.0. The van der Waals surface area contributed by atoms with E-state index in [-0.39, 0.29) is 41.7 Å². The lowest BCUT2D eigenvalue weighted by molar-refractivity contribution is -0.135. The fourth-order valence-electron chi connectivity index (χ4n) is 4.11. The topological polar surface area (TPSA) is 77.0 Å². The molecule has 31 heavy (non-hydrogen) atoms. The number of hydrogen-bond donors (Lipinski definition) is 2. The second kappa shape index (κ2) is 12.3. The Bertz CT molecular complexity index is 750. The van der Waals surface area contributed by atoms with Gasteiger partial charge in [0.15, 0.2) is 5.96 Å². The van der Waals surface area contributed by atoms with E-state index in [4.69, 9.17) is 0 Å². The molecule has 0 unspecified atom stereocenters. The van der Waals surface area contributed by atoms with Crippen LogP contribution in [-0.4, -0.2) is 60.3 Å². The molecule has 2 aliphatic rings. The standard InChI is InChI=1S/C23H35N5O2.HI/c1-17(2)22(30)27-13-10-20(11-14-27)26-23(24-3)25-12-6-9-21(29)28-15-18-7-4-5-8-19(18)16-28;/h4-5,7-8,17,20H,6,9-16H2,1-3H3,(H2,24,25,26);1H. The third-order valence-corrected chi connectivity index (χ3v) is 5.92. The van der Waals surface area contributed by atoms with Gasteiger partial charge in [-0.25, -0.2) is 0 Å². The third-order valence-electron chi connectivity index (χ3n) is 5.92. The fourth-order valence-corrected chi connectivity index (χ4v) is 4.11. The molecule has 0 aliphatic carbocycles. The van der Waals surface area contributed by atoms with Crippen LogP contribution in [0.3, 0.4) is 0 Å². The number of halogens is 1. The molecule has 0 bridgehead atoms. The van der Waals surface area contributed by atoms with Gasteiger partial charge in [-0.3, -0.25) is 14.6 Å². The van der Waals surface area contributed by atoms with Crippen molar-refractivity contribution in [3.63, 3.8) is 0 Å². The van der Waals surface area contributed by atoms with Gasteiger partial charge in [0.05, 0.1) is 0 Å². The number of hydrogen-bond acceptors (Lipinski definition) is 3. The van der Waals surface area contributed by atoms with Crippen molar-refractivity contribution in [2.24, 2.45) is 10.9 Å². The molecular weight excluding hydrogens is 505 g/mol. The van der Waals surface area contributed by atoms with Crippen molar-refractivity contribution in [1.29, 1.82) is 0 Å². The molecule has 2 aliphatic heterocycles. The van der Waals surface area contributed by atoms with Crippen molar-refractivity contribution >= 4 is 41.8 Å². The van der Waals surface area contributed by atoms with Crippen molar-refractivity contribution < 1.29 is 9.59 Å². The number of carbonyl (C=O) groups excluding carboxylic acids is 2. The van der Waals surface area contributed by atoms with Gasteiger partial charge in [-0.05, 0) is 30.4 Å². The Labute approximate surface area is 203 Å². The fraction of sp³-hybridized carbons (Fsp3) is 0.609. The van der Waals surface area contributed by atoms with E-state index in [1.807, 2.05) is 35.8 Å². The number of fused-ring (bicyclic) bond motifs is 1. The summed E-state index contributed by atoms with van der Waals surface area (Å²) in [4.78, 5) is 32.8. The summed E-state index contributed by atoms with van der Waals surface area (Å²) in [7, 11) is 1.76.